The maximum absolute atomic E-state index is 13.6. The van der Waals surface area contributed by atoms with Gasteiger partial charge in [0.15, 0.2) is 0 Å². The first-order chi connectivity index (χ1) is 8.99. The lowest BCUT2D eigenvalue weighted by molar-refractivity contribution is -0.384. The summed E-state index contributed by atoms with van der Waals surface area (Å²) in [6, 6.07) is 7.24. The molecular weight excluding hydrogens is 251 g/mol. The van der Waals surface area contributed by atoms with Crippen molar-refractivity contribution >= 4 is 23.0 Å². The molecule has 98 valence electrons. The molecule has 7 heteroatoms. The number of hydrogen-bond acceptors (Lipinski definition) is 5. The van der Waals surface area contributed by atoms with Gasteiger partial charge >= 0.3 is 5.69 Å². The van der Waals surface area contributed by atoms with Gasteiger partial charge in [0.2, 0.25) is 5.82 Å². The van der Waals surface area contributed by atoms with Gasteiger partial charge < -0.3 is 11.1 Å². The number of halogens is 1. The van der Waals surface area contributed by atoms with E-state index in [1.54, 1.807) is 19.1 Å². The van der Waals surface area contributed by atoms with Gasteiger partial charge in [-0.15, -0.1) is 0 Å². The van der Waals surface area contributed by atoms with Crippen LogP contribution >= 0.6 is 0 Å². The van der Waals surface area contributed by atoms with Crippen molar-refractivity contribution in [3.05, 3.63) is 51.8 Å². The average molecular weight is 262 g/mol. The molecule has 1 heterocycles. The second kappa shape index (κ2) is 4.89. The molecule has 0 aliphatic rings. The normalized spacial score (nSPS) is 10.2. The molecular formula is C12H11FN4O2. The fourth-order valence-electron chi connectivity index (χ4n) is 1.61. The average Bonchev–Trinajstić information content (AvgIpc) is 2.33. The van der Waals surface area contributed by atoms with Crippen molar-refractivity contribution in [2.75, 3.05) is 11.1 Å². The van der Waals surface area contributed by atoms with Crippen LogP contribution in [0.5, 0.6) is 0 Å². The Bertz CT molecular complexity index is 625. The quantitative estimate of drug-likeness (QED) is 0.655. The fourth-order valence-corrected chi connectivity index (χ4v) is 1.61. The number of rotatable bonds is 3. The Morgan fingerprint density at radius 3 is 2.68 bits per heavy atom. The number of nitrogens with two attached hydrogens (primary N) is 1. The van der Waals surface area contributed by atoms with E-state index in [-0.39, 0.29) is 23.0 Å². The van der Waals surface area contributed by atoms with Gasteiger partial charge in [-0.05, 0) is 24.6 Å². The number of anilines is 3. The van der Waals surface area contributed by atoms with Crippen LogP contribution in [0.1, 0.15) is 5.56 Å². The van der Waals surface area contributed by atoms with E-state index in [2.05, 4.69) is 10.3 Å². The van der Waals surface area contributed by atoms with Crippen LogP contribution in [0.2, 0.25) is 0 Å². The third kappa shape index (κ3) is 2.59. The summed E-state index contributed by atoms with van der Waals surface area (Å²) >= 11 is 0. The zero-order chi connectivity index (χ0) is 14.0. The van der Waals surface area contributed by atoms with Crippen molar-refractivity contribution in [1.82, 2.24) is 4.98 Å². The highest BCUT2D eigenvalue weighted by Crippen LogP contribution is 2.26. The number of hydrogen-bond donors (Lipinski definition) is 2. The van der Waals surface area contributed by atoms with Crippen molar-refractivity contribution < 1.29 is 9.31 Å². The number of aromatic nitrogens is 1. The van der Waals surface area contributed by atoms with Crippen molar-refractivity contribution in [3.8, 4) is 0 Å². The Hall–Kier alpha value is -2.70. The van der Waals surface area contributed by atoms with E-state index in [4.69, 9.17) is 5.73 Å². The minimum atomic E-state index is -0.625. The van der Waals surface area contributed by atoms with E-state index in [1.165, 1.54) is 18.2 Å². The molecule has 19 heavy (non-hydrogen) atoms. The summed E-state index contributed by atoms with van der Waals surface area (Å²) in [7, 11) is 0. The standard InChI is InChI=1S/C12H11FN4O2/c1-7-3-2-4-8(13)11(7)15-10-6-5-9(17(18)19)12(14)16-10/h2-6H,1H3,(H3,14,15,16). The molecule has 0 fully saturated rings. The van der Waals surface area contributed by atoms with E-state index >= 15 is 0 Å². The van der Waals surface area contributed by atoms with Crippen LogP contribution in [-0.4, -0.2) is 9.91 Å². The molecule has 0 unspecified atom stereocenters. The Kier molecular flexibility index (Phi) is 3.28. The first kappa shape index (κ1) is 12.7. The zero-order valence-corrected chi connectivity index (χ0v) is 10.1. The number of nitro groups is 1. The molecule has 1 aromatic carbocycles. The number of nitrogens with one attached hydrogen (secondary N) is 1. The van der Waals surface area contributed by atoms with Gasteiger partial charge in [0.1, 0.15) is 11.6 Å². The van der Waals surface area contributed by atoms with Crippen LogP contribution in [0.4, 0.5) is 27.4 Å². The summed E-state index contributed by atoms with van der Waals surface area (Å²) in [5.74, 6) is -0.404. The molecule has 0 saturated heterocycles. The topological polar surface area (TPSA) is 94.1 Å². The number of nitrogens with zero attached hydrogens (tertiary/aromatic N) is 2. The lowest BCUT2D eigenvalue weighted by Crippen LogP contribution is -2.03. The highest BCUT2D eigenvalue weighted by atomic mass is 19.1. The molecule has 0 atom stereocenters. The molecule has 0 aliphatic carbocycles. The molecule has 0 bridgehead atoms. The Balaban J connectivity index is 2.34. The summed E-state index contributed by atoms with van der Waals surface area (Å²) in [6.45, 7) is 1.74. The Labute approximate surface area is 108 Å². The number of aryl methyl sites for hydroxylation is 1. The van der Waals surface area contributed by atoms with E-state index in [1.807, 2.05) is 0 Å². The SMILES string of the molecule is Cc1cccc(F)c1Nc1ccc([N+](=O)[O-])c(N)n1. The molecule has 0 saturated carbocycles. The number of benzene rings is 1. The molecule has 0 radical (unpaired) electrons. The first-order valence-electron chi connectivity index (χ1n) is 5.42. The van der Waals surface area contributed by atoms with Crippen molar-refractivity contribution in [2.24, 2.45) is 0 Å². The van der Waals surface area contributed by atoms with Crippen LogP contribution < -0.4 is 11.1 Å². The van der Waals surface area contributed by atoms with E-state index in [0.29, 0.717) is 5.56 Å². The molecule has 1 aromatic heterocycles. The van der Waals surface area contributed by atoms with Crippen molar-refractivity contribution in [3.63, 3.8) is 0 Å². The maximum Gasteiger partial charge on any atom is 0.311 e. The molecule has 0 aliphatic heterocycles. The predicted octanol–water partition coefficient (Wildman–Crippen LogP) is 2.76. The van der Waals surface area contributed by atoms with Gasteiger partial charge in [-0.2, -0.15) is 0 Å². The lowest BCUT2D eigenvalue weighted by atomic mass is 10.2. The number of pyridine rings is 1. The first-order valence-corrected chi connectivity index (χ1v) is 5.42. The van der Waals surface area contributed by atoms with Gasteiger partial charge in [-0.1, -0.05) is 12.1 Å². The van der Waals surface area contributed by atoms with E-state index < -0.39 is 10.7 Å². The minimum absolute atomic E-state index is 0.219. The summed E-state index contributed by atoms with van der Waals surface area (Å²) in [5, 5.41) is 13.4. The smallest absolute Gasteiger partial charge is 0.311 e. The Morgan fingerprint density at radius 1 is 1.37 bits per heavy atom. The number of nitrogen functional groups attached to an aromatic ring is 1. The minimum Gasteiger partial charge on any atom is -0.378 e. The van der Waals surface area contributed by atoms with Crippen LogP contribution in [0.3, 0.4) is 0 Å². The number of para-hydroxylation sites is 1. The maximum atomic E-state index is 13.6. The van der Waals surface area contributed by atoms with Gasteiger partial charge in [-0.3, -0.25) is 10.1 Å². The van der Waals surface area contributed by atoms with Crippen molar-refractivity contribution in [2.45, 2.75) is 6.92 Å². The zero-order valence-electron chi connectivity index (χ0n) is 10.1. The van der Waals surface area contributed by atoms with Crippen LogP contribution in [-0.2, 0) is 0 Å². The van der Waals surface area contributed by atoms with E-state index in [0.717, 1.165) is 0 Å². The molecule has 2 aromatic rings. The summed E-state index contributed by atoms with van der Waals surface area (Å²) in [4.78, 5) is 13.8. The largest absolute Gasteiger partial charge is 0.378 e. The van der Waals surface area contributed by atoms with Gasteiger partial charge in [0.25, 0.3) is 0 Å². The second-order valence-electron chi connectivity index (χ2n) is 3.91. The molecule has 0 amide bonds. The van der Waals surface area contributed by atoms with Gasteiger partial charge in [-0.25, -0.2) is 9.37 Å². The van der Waals surface area contributed by atoms with Crippen LogP contribution in [0, 0.1) is 22.9 Å². The molecule has 2 rings (SSSR count). The molecule has 6 nitrogen and oxygen atoms in total. The van der Waals surface area contributed by atoms with Gasteiger partial charge in [0, 0.05) is 6.07 Å². The third-order valence-electron chi connectivity index (χ3n) is 2.57. The third-order valence-corrected chi connectivity index (χ3v) is 2.57. The summed E-state index contributed by atoms with van der Waals surface area (Å²) < 4.78 is 13.6. The van der Waals surface area contributed by atoms with Crippen molar-refractivity contribution in [1.29, 1.82) is 0 Å². The van der Waals surface area contributed by atoms with Crippen LogP contribution in [0.15, 0.2) is 30.3 Å². The second-order valence-corrected chi connectivity index (χ2v) is 3.91. The predicted molar refractivity (Wildman–Crippen MR) is 69.7 cm³/mol. The summed E-state index contributed by atoms with van der Waals surface area (Å²) in [6.07, 6.45) is 0. The highest BCUT2D eigenvalue weighted by Gasteiger charge is 2.14. The van der Waals surface area contributed by atoms with Crippen LogP contribution in [0.25, 0.3) is 0 Å². The fraction of sp³-hybridized carbons (Fsp3) is 0.0833. The Morgan fingerprint density at radius 2 is 2.11 bits per heavy atom. The lowest BCUT2D eigenvalue weighted by Gasteiger charge is -2.10. The monoisotopic (exact) mass is 262 g/mol. The van der Waals surface area contributed by atoms with E-state index in [9.17, 15) is 14.5 Å². The molecule has 0 spiro atoms. The molecule has 3 N–H and O–H groups in total. The van der Waals surface area contributed by atoms with Gasteiger partial charge in [0.05, 0.1) is 10.6 Å². The highest BCUT2D eigenvalue weighted by molar-refractivity contribution is 5.65. The summed E-state index contributed by atoms with van der Waals surface area (Å²) in [5.41, 5.74) is 6.14.